The van der Waals surface area contributed by atoms with Crippen molar-refractivity contribution in [2.75, 3.05) is 7.11 Å². The summed E-state index contributed by atoms with van der Waals surface area (Å²) >= 11 is 5.89. The molecule has 0 spiro atoms. The second kappa shape index (κ2) is 6.38. The highest BCUT2D eigenvalue weighted by atomic mass is 35.5. The van der Waals surface area contributed by atoms with E-state index in [-0.39, 0.29) is 10.6 Å². The molecule has 5 heteroatoms. The molecule has 2 aromatic rings. The summed E-state index contributed by atoms with van der Waals surface area (Å²) in [5, 5.41) is 9.30. The van der Waals surface area contributed by atoms with Crippen molar-refractivity contribution in [3.8, 4) is 11.8 Å². The van der Waals surface area contributed by atoms with Crippen molar-refractivity contribution in [1.29, 1.82) is 5.26 Å². The predicted molar refractivity (Wildman–Crippen MR) is 77.1 cm³/mol. The first-order valence-corrected chi connectivity index (χ1v) is 6.48. The third kappa shape index (κ3) is 2.88. The van der Waals surface area contributed by atoms with E-state index in [1.165, 1.54) is 19.2 Å². The molecule has 0 aromatic heterocycles. The topological polar surface area (TPSA) is 50.1 Å². The van der Waals surface area contributed by atoms with Crippen LogP contribution in [-0.4, -0.2) is 12.9 Å². The van der Waals surface area contributed by atoms with Crippen LogP contribution in [0.15, 0.2) is 42.5 Å². The van der Waals surface area contributed by atoms with E-state index in [9.17, 15) is 14.4 Å². The van der Waals surface area contributed by atoms with Crippen LogP contribution in [0, 0.1) is 17.1 Å². The number of ketones is 1. The van der Waals surface area contributed by atoms with Crippen LogP contribution >= 0.6 is 11.6 Å². The summed E-state index contributed by atoms with van der Waals surface area (Å²) in [6.07, 6.45) is 0. The molecular formula is C16H11ClFNO2. The molecule has 0 aliphatic rings. The number of nitriles is 1. The lowest BCUT2D eigenvalue weighted by atomic mass is 9.91. The van der Waals surface area contributed by atoms with Crippen molar-refractivity contribution in [3.05, 3.63) is 64.4 Å². The quantitative estimate of drug-likeness (QED) is 0.803. The van der Waals surface area contributed by atoms with Crippen LogP contribution in [0.3, 0.4) is 0 Å². The van der Waals surface area contributed by atoms with Crippen molar-refractivity contribution >= 4 is 17.4 Å². The zero-order valence-corrected chi connectivity index (χ0v) is 11.9. The average Bonchev–Trinajstić information content (AvgIpc) is 2.48. The van der Waals surface area contributed by atoms with Gasteiger partial charge in [-0.25, -0.2) is 4.39 Å². The van der Waals surface area contributed by atoms with Crippen LogP contribution < -0.4 is 4.74 Å². The van der Waals surface area contributed by atoms with Gasteiger partial charge in [0.2, 0.25) is 0 Å². The Balaban J connectivity index is 2.52. The molecule has 3 nitrogen and oxygen atoms in total. The molecule has 1 unspecified atom stereocenters. The van der Waals surface area contributed by atoms with Crippen LogP contribution in [0.4, 0.5) is 4.39 Å². The van der Waals surface area contributed by atoms with Crippen molar-refractivity contribution in [3.63, 3.8) is 0 Å². The summed E-state index contributed by atoms with van der Waals surface area (Å²) in [6, 6.07) is 12.5. The Morgan fingerprint density at radius 2 is 2.00 bits per heavy atom. The summed E-state index contributed by atoms with van der Waals surface area (Å²) in [6.45, 7) is 0. The third-order valence-electron chi connectivity index (χ3n) is 3.05. The summed E-state index contributed by atoms with van der Waals surface area (Å²) in [5.74, 6) is -2.23. The Morgan fingerprint density at radius 1 is 1.29 bits per heavy atom. The van der Waals surface area contributed by atoms with Crippen molar-refractivity contribution in [1.82, 2.24) is 0 Å². The maximum absolute atomic E-state index is 13.8. The predicted octanol–water partition coefficient (Wildman–Crippen LogP) is 3.98. The molecule has 0 saturated heterocycles. The van der Waals surface area contributed by atoms with E-state index in [1.54, 1.807) is 24.3 Å². The van der Waals surface area contributed by atoms with Gasteiger partial charge in [-0.2, -0.15) is 5.26 Å². The van der Waals surface area contributed by atoms with Crippen LogP contribution in [0.1, 0.15) is 21.8 Å². The molecule has 0 N–H and O–H groups in total. The number of ether oxygens (including phenoxy) is 1. The Bertz CT molecular complexity index is 704. The van der Waals surface area contributed by atoms with Gasteiger partial charge in [-0.15, -0.1) is 0 Å². The van der Waals surface area contributed by atoms with Gasteiger partial charge in [-0.3, -0.25) is 4.79 Å². The molecule has 0 saturated carbocycles. The maximum atomic E-state index is 13.8. The summed E-state index contributed by atoms with van der Waals surface area (Å²) in [7, 11) is 1.44. The number of benzene rings is 2. The van der Waals surface area contributed by atoms with E-state index in [0.29, 0.717) is 11.3 Å². The fraction of sp³-hybridized carbons (Fsp3) is 0.125. The number of methoxy groups -OCH3 is 1. The monoisotopic (exact) mass is 303 g/mol. The molecule has 0 heterocycles. The number of hydrogen-bond acceptors (Lipinski definition) is 3. The standard InChI is InChI=1S/C16H11ClFNO2/c1-21-14-8-3-2-5-10(14)11(9-19)16(20)15-12(17)6-4-7-13(15)18/h2-8,11H,1H3. The highest BCUT2D eigenvalue weighted by Crippen LogP contribution is 2.31. The van der Waals surface area contributed by atoms with E-state index in [2.05, 4.69) is 0 Å². The highest BCUT2D eigenvalue weighted by Gasteiger charge is 2.28. The fourth-order valence-corrected chi connectivity index (χ4v) is 2.31. The first kappa shape index (κ1) is 15.0. The van der Waals surface area contributed by atoms with Gasteiger partial charge >= 0.3 is 0 Å². The van der Waals surface area contributed by atoms with E-state index >= 15 is 0 Å². The molecule has 0 aliphatic carbocycles. The molecule has 0 fully saturated rings. The van der Waals surface area contributed by atoms with Crippen molar-refractivity contribution in [2.45, 2.75) is 5.92 Å². The number of hydrogen-bond donors (Lipinski definition) is 0. The smallest absolute Gasteiger partial charge is 0.189 e. The summed E-state index contributed by atoms with van der Waals surface area (Å²) < 4.78 is 19.0. The van der Waals surface area contributed by atoms with E-state index in [1.807, 2.05) is 6.07 Å². The molecule has 0 amide bonds. The average molecular weight is 304 g/mol. The molecule has 106 valence electrons. The zero-order chi connectivity index (χ0) is 15.4. The molecule has 2 rings (SSSR count). The summed E-state index contributed by atoms with van der Waals surface area (Å²) in [4.78, 5) is 12.5. The van der Waals surface area contributed by atoms with Gasteiger partial charge in [0.25, 0.3) is 0 Å². The first-order valence-electron chi connectivity index (χ1n) is 6.11. The van der Waals surface area contributed by atoms with E-state index in [4.69, 9.17) is 16.3 Å². The lowest BCUT2D eigenvalue weighted by molar-refractivity contribution is 0.0974. The van der Waals surface area contributed by atoms with Gasteiger partial charge in [-0.1, -0.05) is 35.9 Å². The lowest BCUT2D eigenvalue weighted by Gasteiger charge is -2.13. The van der Waals surface area contributed by atoms with Gasteiger partial charge in [0.1, 0.15) is 17.5 Å². The number of rotatable bonds is 4. The maximum Gasteiger partial charge on any atom is 0.189 e. The van der Waals surface area contributed by atoms with Crippen molar-refractivity contribution < 1.29 is 13.9 Å². The minimum atomic E-state index is -1.18. The van der Waals surface area contributed by atoms with E-state index in [0.717, 1.165) is 6.07 Å². The zero-order valence-electron chi connectivity index (χ0n) is 11.1. The van der Waals surface area contributed by atoms with E-state index < -0.39 is 17.5 Å². The van der Waals surface area contributed by atoms with Crippen molar-refractivity contribution in [2.24, 2.45) is 0 Å². The number of carbonyl (C=O) groups is 1. The molecule has 0 radical (unpaired) electrons. The van der Waals surface area contributed by atoms with Gasteiger partial charge < -0.3 is 4.74 Å². The second-order valence-corrected chi connectivity index (χ2v) is 4.67. The number of Topliss-reactive ketones (excluding diaryl/α,β-unsaturated/α-hetero) is 1. The fourth-order valence-electron chi connectivity index (χ4n) is 2.05. The number of halogens is 2. The van der Waals surface area contributed by atoms with Crippen LogP contribution in [0.2, 0.25) is 5.02 Å². The molecule has 2 aromatic carbocycles. The van der Waals surface area contributed by atoms with Crippen LogP contribution in [0.25, 0.3) is 0 Å². The van der Waals surface area contributed by atoms with Crippen LogP contribution in [-0.2, 0) is 0 Å². The number of nitrogens with zero attached hydrogens (tertiary/aromatic N) is 1. The van der Waals surface area contributed by atoms with Gasteiger partial charge in [-0.05, 0) is 18.2 Å². The number of carbonyl (C=O) groups excluding carboxylic acids is 1. The number of para-hydroxylation sites is 1. The molecule has 21 heavy (non-hydrogen) atoms. The summed E-state index contributed by atoms with van der Waals surface area (Å²) in [5.41, 5.74) is 0.100. The Hall–Kier alpha value is -2.38. The first-order chi connectivity index (χ1) is 10.1. The van der Waals surface area contributed by atoms with Gasteiger partial charge in [0.15, 0.2) is 5.78 Å². The van der Waals surface area contributed by atoms with Crippen LogP contribution in [0.5, 0.6) is 5.75 Å². The van der Waals surface area contributed by atoms with Gasteiger partial charge in [0, 0.05) is 5.56 Å². The molecule has 0 aliphatic heterocycles. The SMILES string of the molecule is COc1ccccc1C(C#N)C(=O)c1c(F)cccc1Cl. The molecule has 0 bridgehead atoms. The molecule has 1 atom stereocenters. The highest BCUT2D eigenvalue weighted by molar-refractivity contribution is 6.34. The minimum Gasteiger partial charge on any atom is -0.496 e. The normalized spacial score (nSPS) is 11.5. The second-order valence-electron chi connectivity index (χ2n) is 4.26. The molecular weight excluding hydrogens is 293 g/mol. The Morgan fingerprint density at radius 3 is 2.62 bits per heavy atom. The van der Waals surface area contributed by atoms with Gasteiger partial charge in [0.05, 0.1) is 23.8 Å². The Labute approximate surface area is 126 Å². The Kier molecular flexibility index (Phi) is 4.56. The lowest BCUT2D eigenvalue weighted by Crippen LogP contribution is -2.14. The minimum absolute atomic E-state index is 0.0184. The third-order valence-corrected chi connectivity index (χ3v) is 3.37. The largest absolute Gasteiger partial charge is 0.496 e.